The molecule has 0 atom stereocenters. The van der Waals surface area contributed by atoms with Gasteiger partial charge in [0.25, 0.3) is 5.56 Å². The Labute approximate surface area is 63.9 Å². The molecule has 1 aromatic rings. The molecule has 0 aliphatic heterocycles. The van der Waals surface area contributed by atoms with Crippen molar-refractivity contribution in [3.8, 4) is 0 Å². The van der Waals surface area contributed by atoms with Gasteiger partial charge in [0.2, 0.25) is 0 Å². The molecule has 0 aliphatic carbocycles. The molecule has 0 fully saturated rings. The fourth-order valence-electron chi connectivity index (χ4n) is 0.826. The number of rotatable bonds is 2. The van der Waals surface area contributed by atoms with E-state index in [1.807, 2.05) is 13.0 Å². The Bertz CT molecular complexity index is 308. The molecule has 0 unspecified atom stereocenters. The van der Waals surface area contributed by atoms with Gasteiger partial charge in [-0.15, -0.1) is 0 Å². The van der Waals surface area contributed by atoms with Crippen LogP contribution in [-0.4, -0.2) is 12.2 Å². The van der Waals surface area contributed by atoms with Crippen LogP contribution in [0.3, 0.4) is 0 Å². The predicted octanol–water partition coefficient (Wildman–Crippen LogP) is 0.548. The Balaban J connectivity index is 3.01. The van der Waals surface area contributed by atoms with Crippen molar-refractivity contribution in [2.45, 2.75) is 6.92 Å². The molecule has 0 saturated carbocycles. The lowest BCUT2D eigenvalue weighted by Gasteiger charge is -1.98. The van der Waals surface area contributed by atoms with Crippen molar-refractivity contribution >= 4 is 5.70 Å². The first-order chi connectivity index (χ1) is 5.27. The minimum Gasteiger partial charge on any atom is -0.385 e. The first-order valence-corrected chi connectivity index (χ1v) is 3.31. The van der Waals surface area contributed by atoms with Crippen molar-refractivity contribution in [3.63, 3.8) is 0 Å². The van der Waals surface area contributed by atoms with Crippen molar-refractivity contribution in [2.75, 3.05) is 7.05 Å². The van der Waals surface area contributed by atoms with Crippen molar-refractivity contribution in [1.82, 2.24) is 10.5 Å². The van der Waals surface area contributed by atoms with E-state index in [1.165, 1.54) is 6.07 Å². The smallest absolute Gasteiger partial charge is 0.280 e. The minimum absolute atomic E-state index is 0.227. The van der Waals surface area contributed by atoms with E-state index in [0.717, 1.165) is 5.70 Å². The van der Waals surface area contributed by atoms with Gasteiger partial charge < -0.3 is 9.84 Å². The third kappa shape index (κ3) is 1.52. The van der Waals surface area contributed by atoms with Gasteiger partial charge in [-0.05, 0) is 6.92 Å². The van der Waals surface area contributed by atoms with Crippen LogP contribution in [0, 0.1) is 0 Å². The highest BCUT2D eigenvalue weighted by atomic mass is 16.5. The van der Waals surface area contributed by atoms with Crippen LogP contribution in [0.2, 0.25) is 0 Å². The number of allylic oxidation sites excluding steroid dienone is 1. The number of aromatic nitrogens is 1. The molecule has 2 N–H and O–H groups in total. The van der Waals surface area contributed by atoms with Crippen LogP contribution < -0.4 is 10.9 Å². The number of H-pyrrole nitrogens is 1. The molecule has 1 aromatic heterocycles. The summed E-state index contributed by atoms with van der Waals surface area (Å²) in [5.74, 6) is 0.528. The zero-order valence-corrected chi connectivity index (χ0v) is 6.47. The van der Waals surface area contributed by atoms with E-state index < -0.39 is 0 Å². The van der Waals surface area contributed by atoms with Gasteiger partial charge in [0, 0.05) is 7.05 Å². The molecular formula is C7H10N2O2. The van der Waals surface area contributed by atoms with Gasteiger partial charge in [0.1, 0.15) is 0 Å². The van der Waals surface area contributed by atoms with E-state index in [4.69, 9.17) is 4.52 Å². The molecule has 1 rings (SSSR count). The molecule has 0 amide bonds. The van der Waals surface area contributed by atoms with Crippen molar-refractivity contribution in [1.29, 1.82) is 0 Å². The van der Waals surface area contributed by atoms with Crippen LogP contribution in [0.5, 0.6) is 0 Å². The van der Waals surface area contributed by atoms with Crippen LogP contribution in [0.4, 0.5) is 0 Å². The number of hydrogen-bond acceptors (Lipinski definition) is 3. The standard InChI is InChI=1S/C7H10N2O2/c1-3-5(8-2)6-4-7(10)9-11-6/h3-4,8H,1-2H3,(H,9,10)/b5-3-. The highest BCUT2D eigenvalue weighted by molar-refractivity contribution is 5.57. The van der Waals surface area contributed by atoms with Crippen molar-refractivity contribution in [3.05, 3.63) is 28.3 Å². The fraction of sp³-hybridized carbons (Fsp3) is 0.286. The van der Waals surface area contributed by atoms with Gasteiger partial charge in [0.05, 0.1) is 11.8 Å². The molecule has 4 nitrogen and oxygen atoms in total. The molecule has 4 heteroatoms. The maximum absolute atomic E-state index is 10.6. The third-order valence-corrected chi connectivity index (χ3v) is 1.35. The lowest BCUT2D eigenvalue weighted by atomic mass is 10.3. The first kappa shape index (κ1) is 7.65. The zero-order valence-electron chi connectivity index (χ0n) is 6.47. The van der Waals surface area contributed by atoms with Gasteiger partial charge in [-0.25, -0.2) is 0 Å². The number of hydrogen-bond donors (Lipinski definition) is 2. The topological polar surface area (TPSA) is 58.0 Å². The van der Waals surface area contributed by atoms with Gasteiger partial charge in [-0.2, -0.15) is 5.16 Å². The van der Waals surface area contributed by atoms with E-state index >= 15 is 0 Å². The van der Waals surface area contributed by atoms with E-state index in [2.05, 4.69) is 10.5 Å². The average molecular weight is 154 g/mol. The lowest BCUT2D eigenvalue weighted by molar-refractivity contribution is 0.402. The monoisotopic (exact) mass is 154 g/mol. The summed E-state index contributed by atoms with van der Waals surface area (Å²) in [5, 5.41) is 5.10. The molecule has 0 saturated heterocycles. The third-order valence-electron chi connectivity index (χ3n) is 1.35. The summed E-state index contributed by atoms with van der Waals surface area (Å²) in [6, 6.07) is 1.39. The number of nitrogens with one attached hydrogen (secondary N) is 2. The second-order valence-electron chi connectivity index (χ2n) is 2.03. The van der Waals surface area contributed by atoms with E-state index in [0.29, 0.717) is 5.76 Å². The maximum atomic E-state index is 10.6. The van der Waals surface area contributed by atoms with Gasteiger partial charge in [0.15, 0.2) is 5.76 Å². The second-order valence-corrected chi connectivity index (χ2v) is 2.03. The highest BCUT2D eigenvalue weighted by Gasteiger charge is 2.02. The van der Waals surface area contributed by atoms with Gasteiger partial charge in [-0.3, -0.25) is 4.79 Å². The van der Waals surface area contributed by atoms with Crippen LogP contribution in [-0.2, 0) is 0 Å². The predicted molar refractivity (Wildman–Crippen MR) is 42.0 cm³/mol. The Morgan fingerprint density at radius 1 is 1.82 bits per heavy atom. The highest BCUT2D eigenvalue weighted by Crippen LogP contribution is 2.05. The summed E-state index contributed by atoms with van der Waals surface area (Å²) in [6.07, 6.45) is 1.83. The molecule has 60 valence electrons. The molecule has 0 radical (unpaired) electrons. The lowest BCUT2D eigenvalue weighted by Crippen LogP contribution is -2.03. The van der Waals surface area contributed by atoms with Crippen molar-refractivity contribution in [2.24, 2.45) is 0 Å². The Morgan fingerprint density at radius 3 is 2.91 bits per heavy atom. The van der Waals surface area contributed by atoms with E-state index in [1.54, 1.807) is 7.05 Å². The zero-order chi connectivity index (χ0) is 8.27. The molecule has 11 heavy (non-hydrogen) atoms. The van der Waals surface area contributed by atoms with Crippen molar-refractivity contribution < 1.29 is 4.52 Å². The Kier molecular flexibility index (Phi) is 2.15. The second kappa shape index (κ2) is 3.09. The average Bonchev–Trinajstić information content (AvgIpc) is 2.39. The summed E-state index contributed by atoms with van der Waals surface area (Å²) < 4.78 is 4.84. The van der Waals surface area contributed by atoms with Gasteiger partial charge >= 0.3 is 0 Å². The summed E-state index contributed by atoms with van der Waals surface area (Å²) in [7, 11) is 1.77. The van der Waals surface area contributed by atoms with E-state index in [-0.39, 0.29) is 5.56 Å². The minimum atomic E-state index is -0.227. The molecule has 0 spiro atoms. The van der Waals surface area contributed by atoms with Crippen LogP contribution in [0.25, 0.3) is 5.70 Å². The fourth-order valence-corrected chi connectivity index (χ4v) is 0.826. The molecule has 1 heterocycles. The summed E-state index contributed by atoms with van der Waals surface area (Å²) in [5.41, 5.74) is 0.568. The Morgan fingerprint density at radius 2 is 2.55 bits per heavy atom. The SMILES string of the molecule is C/C=C(\NC)c1cc(=O)[nH]o1. The van der Waals surface area contributed by atoms with Crippen LogP contribution in [0.15, 0.2) is 21.5 Å². The quantitative estimate of drug-likeness (QED) is 0.654. The normalized spacial score (nSPS) is 11.6. The molecule has 0 bridgehead atoms. The van der Waals surface area contributed by atoms with E-state index in [9.17, 15) is 4.79 Å². The summed E-state index contributed by atoms with van der Waals surface area (Å²) in [6.45, 7) is 1.86. The van der Waals surface area contributed by atoms with Crippen LogP contribution >= 0.6 is 0 Å². The molecule has 0 aromatic carbocycles. The number of aromatic amines is 1. The maximum Gasteiger partial charge on any atom is 0.280 e. The summed E-state index contributed by atoms with van der Waals surface area (Å²) in [4.78, 5) is 10.6. The first-order valence-electron chi connectivity index (χ1n) is 3.31. The summed E-state index contributed by atoms with van der Waals surface area (Å²) >= 11 is 0. The van der Waals surface area contributed by atoms with Crippen LogP contribution in [0.1, 0.15) is 12.7 Å². The Hall–Kier alpha value is -1.45. The van der Waals surface area contributed by atoms with Gasteiger partial charge in [-0.1, -0.05) is 6.08 Å². The molecule has 0 aliphatic rings. The molecular weight excluding hydrogens is 144 g/mol. The largest absolute Gasteiger partial charge is 0.385 e.